The molecule has 1 aliphatic carbocycles. The average molecular weight is 279 g/mol. The summed E-state index contributed by atoms with van der Waals surface area (Å²) in [4.78, 5) is 0. The molecule has 0 spiro atoms. The van der Waals surface area contributed by atoms with Gasteiger partial charge in [-0.15, -0.1) is 0 Å². The summed E-state index contributed by atoms with van der Waals surface area (Å²) in [6.07, 6.45) is 4.70. The molecular formula is C16H25NOS. The molecule has 0 aliphatic heterocycles. The maximum Gasteiger partial charge on any atom is 0.118 e. The summed E-state index contributed by atoms with van der Waals surface area (Å²) in [5.41, 5.74) is 1.45. The summed E-state index contributed by atoms with van der Waals surface area (Å²) in [5, 5.41) is 3.69. The highest BCUT2D eigenvalue weighted by molar-refractivity contribution is 7.99. The van der Waals surface area contributed by atoms with Crippen LogP contribution in [0.15, 0.2) is 24.3 Å². The van der Waals surface area contributed by atoms with Crippen molar-refractivity contribution in [2.24, 2.45) is 0 Å². The van der Waals surface area contributed by atoms with Crippen molar-refractivity contribution in [2.75, 3.05) is 19.9 Å². The fourth-order valence-electron chi connectivity index (χ4n) is 2.40. The van der Waals surface area contributed by atoms with Crippen LogP contribution in [-0.4, -0.2) is 30.7 Å². The molecule has 0 unspecified atom stereocenters. The van der Waals surface area contributed by atoms with Gasteiger partial charge in [-0.1, -0.05) is 12.1 Å². The summed E-state index contributed by atoms with van der Waals surface area (Å²) in [6.45, 7) is 5.68. The highest BCUT2D eigenvalue weighted by atomic mass is 32.2. The molecule has 1 saturated carbocycles. The molecular weight excluding hydrogens is 254 g/mol. The smallest absolute Gasteiger partial charge is 0.118 e. The highest BCUT2D eigenvalue weighted by Crippen LogP contribution is 2.37. The number of benzene rings is 1. The maximum absolute atomic E-state index is 5.20. The normalized spacial score (nSPS) is 22.9. The standard InChI is InChI=1S/C16H25NOS/c1-16(2,19-4)11-17-14-9-13(10-14)12-5-7-15(18-3)8-6-12/h5-8,13-14,17H,9-11H2,1-4H3. The van der Waals surface area contributed by atoms with Gasteiger partial charge in [0.05, 0.1) is 7.11 Å². The molecule has 3 heteroatoms. The zero-order valence-corrected chi connectivity index (χ0v) is 13.2. The third kappa shape index (κ3) is 3.90. The predicted octanol–water partition coefficient (Wildman–Crippen LogP) is 3.67. The first-order chi connectivity index (χ1) is 9.04. The summed E-state index contributed by atoms with van der Waals surface area (Å²) in [6, 6.07) is 9.22. The molecule has 0 bridgehead atoms. The molecule has 2 rings (SSSR count). The zero-order valence-electron chi connectivity index (χ0n) is 12.4. The highest BCUT2D eigenvalue weighted by Gasteiger charge is 2.31. The number of hydrogen-bond donors (Lipinski definition) is 1. The van der Waals surface area contributed by atoms with E-state index in [1.807, 2.05) is 11.8 Å². The van der Waals surface area contributed by atoms with E-state index in [1.54, 1.807) is 7.11 Å². The Labute approximate surface area is 121 Å². The van der Waals surface area contributed by atoms with E-state index in [0.29, 0.717) is 10.8 Å². The van der Waals surface area contributed by atoms with Crippen LogP contribution in [0.3, 0.4) is 0 Å². The van der Waals surface area contributed by atoms with Gasteiger partial charge in [0, 0.05) is 17.3 Å². The van der Waals surface area contributed by atoms with Crippen LogP contribution in [0.1, 0.15) is 38.2 Å². The Hall–Kier alpha value is -0.670. The zero-order chi connectivity index (χ0) is 13.9. The Morgan fingerprint density at radius 3 is 2.42 bits per heavy atom. The maximum atomic E-state index is 5.20. The lowest BCUT2D eigenvalue weighted by atomic mass is 9.76. The van der Waals surface area contributed by atoms with E-state index in [-0.39, 0.29) is 0 Å². The molecule has 0 aromatic heterocycles. The number of ether oxygens (including phenoxy) is 1. The number of rotatable bonds is 6. The monoisotopic (exact) mass is 279 g/mol. The molecule has 0 amide bonds. The second kappa shape index (κ2) is 6.19. The molecule has 1 fully saturated rings. The van der Waals surface area contributed by atoms with Crippen molar-refractivity contribution >= 4 is 11.8 Å². The summed E-state index contributed by atoms with van der Waals surface area (Å²) < 4.78 is 5.53. The van der Waals surface area contributed by atoms with E-state index in [1.165, 1.54) is 18.4 Å². The molecule has 0 saturated heterocycles. The largest absolute Gasteiger partial charge is 0.497 e. The Morgan fingerprint density at radius 1 is 1.26 bits per heavy atom. The van der Waals surface area contributed by atoms with E-state index in [0.717, 1.165) is 18.2 Å². The Balaban J connectivity index is 1.76. The van der Waals surface area contributed by atoms with Gasteiger partial charge < -0.3 is 10.1 Å². The van der Waals surface area contributed by atoms with E-state index in [9.17, 15) is 0 Å². The van der Waals surface area contributed by atoms with Gasteiger partial charge in [-0.2, -0.15) is 11.8 Å². The van der Waals surface area contributed by atoms with Crippen molar-refractivity contribution in [3.8, 4) is 5.75 Å². The van der Waals surface area contributed by atoms with Crippen LogP contribution in [0.5, 0.6) is 5.75 Å². The quantitative estimate of drug-likeness (QED) is 0.858. The predicted molar refractivity (Wildman–Crippen MR) is 84.4 cm³/mol. The Morgan fingerprint density at radius 2 is 1.89 bits per heavy atom. The summed E-state index contributed by atoms with van der Waals surface area (Å²) in [5.74, 6) is 1.67. The minimum atomic E-state index is 0.338. The van der Waals surface area contributed by atoms with Gasteiger partial charge in [-0.05, 0) is 56.6 Å². The van der Waals surface area contributed by atoms with Crippen LogP contribution in [0.4, 0.5) is 0 Å². The molecule has 19 heavy (non-hydrogen) atoms. The van der Waals surface area contributed by atoms with Gasteiger partial charge in [0.1, 0.15) is 5.75 Å². The van der Waals surface area contributed by atoms with Crippen molar-refractivity contribution in [1.29, 1.82) is 0 Å². The van der Waals surface area contributed by atoms with Crippen LogP contribution in [0.25, 0.3) is 0 Å². The van der Waals surface area contributed by atoms with E-state index < -0.39 is 0 Å². The first-order valence-corrected chi connectivity index (χ1v) is 8.19. The van der Waals surface area contributed by atoms with Crippen molar-refractivity contribution in [2.45, 2.75) is 43.4 Å². The number of methoxy groups -OCH3 is 1. The number of hydrogen-bond acceptors (Lipinski definition) is 3. The Bertz CT molecular complexity index is 396. The molecule has 1 aromatic rings. The second-order valence-electron chi connectivity index (χ2n) is 5.98. The third-order valence-corrected chi connectivity index (χ3v) is 5.34. The van der Waals surface area contributed by atoms with Crippen molar-refractivity contribution in [3.63, 3.8) is 0 Å². The minimum absolute atomic E-state index is 0.338. The molecule has 0 heterocycles. The van der Waals surface area contributed by atoms with Crippen LogP contribution in [0, 0.1) is 0 Å². The van der Waals surface area contributed by atoms with Crippen molar-refractivity contribution in [3.05, 3.63) is 29.8 Å². The lowest BCUT2D eigenvalue weighted by Crippen LogP contribution is -2.45. The lowest BCUT2D eigenvalue weighted by Gasteiger charge is -2.38. The van der Waals surface area contributed by atoms with E-state index >= 15 is 0 Å². The molecule has 1 aromatic carbocycles. The van der Waals surface area contributed by atoms with Gasteiger partial charge in [0.15, 0.2) is 0 Å². The molecule has 1 aliphatic rings. The SMILES string of the molecule is COc1ccc(C2CC(NCC(C)(C)SC)C2)cc1. The summed E-state index contributed by atoms with van der Waals surface area (Å²) in [7, 11) is 1.71. The number of thioether (sulfide) groups is 1. The number of nitrogens with one attached hydrogen (secondary N) is 1. The van der Waals surface area contributed by atoms with Gasteiger partial charge in [-0.3, -0.25) is 0 Å². The third-order valence-electron chi connectivity index (χ3n) is 4.09. The van der Waals surface area contributed by atoms with Crippen molar-refractivity contribution < 1.29 is 4.74 Å². The molecule has 106 valence electrons. The van der Waals surface area contributed by atoms with Crippen LogP contribution >= 0.6 is 11.8 Å². The van der Waals surface area contributed by atoms with Gasteiger partial charge in [-0.25, -0.2) is 0 Å². The first kappa shape index (κ1) is 14.7. The van der Waals surface area contributed by atoms with Crippen LogP contribution in [0.2, 0.25) is 0 Å². The second-order valence-corrected chi connectivity index (χ2v) is 7.50. The molecule has 1 N–H and O–H groups in total. The molecule has 0 atom stereocenters. The average Bonchev–Trinajstić information content (AvgIpc) is 2.37. The topological polar surface area (TPSA) is 21.3 Å². The van der Waals surface area contributed by atoms with Gasteiger partial charge in [0.2, 0.25) is 0 Å². The molecule has 0 radical (unpaired) electrons. The summed E-state index contributed by atoms with van der Waals surface area (Å²) >= 11 is 1.93. The Kier molecular flexibility index (Phi) is 4.80. The van der Waals surface area contributed by atoms with Crippen LogP contribution < -0.4 is 10.1 Å². The van der Waals surface area contributed by atoms with E-state index in [2.05, 4.69) is 49.7 Å². The first-order valence-electron chi connectivity index (χ1n) is 6.96. The fourth-order valence-corrected chi connectivity index (χ4v) is 2.62. The fraction of sp³-hybridized carbons (Fsp3) is 0.625. The minimum Gasteiger partial charge on any atom is -0.497 e. The van der Waals surface area contributed by atoms with Gasteiger partial charge >= 0.3 is 0 Å². The van der Waals surface area contributed by atoms with Crippen molar-refractivity contribution in [1.82, 2.24) is 5.32 Å². The van der Waals surface area contributed by atoms with Gasteiger partial charge in [0.25, 0.3) is 0 Å². The molecule has 2 nitrogen and oxygen atoms in total. The lowest BCUT2D eigenvalue weighted by molar-refractivity contribution is 0.285. The van der Waals surface area contributed by atoms with Crippen LogP contribution in [-0.2, 0) is 0 Å². The van der Waals surface area contributed by atoms with E-state index in [4.69, 9.17) is 4.74 Å².